The van der Waals surface area contributed by atoms with Crippen LogP contribution in [-0.2, 0) is 0 Å². The van der Waals surface area contributed by atoms with Crippen LogP contribution in [0.1, 0.15) is 23.2 Å². The van der Waals surface area contributed by atoms with E-state index in [1.807, 2.05) is 0 Å². The lowest BCUT2D eigenvalue weighted by Crippen LogP contribution is -2.38. The number of ether oxygens (including phenoxy) is 2. The Morgan fingerprint density at radius 3 is 2.81 bits per heavy atom. The number of benzene rings is 1. The maximum atomic E-state index is 12.3. The predicted octanol–water partition coefficient (Wildman–Crippen LogP) is 1.85. The van der Waals surface area contributed by atoms with Crippen molar-refractivity contribution in [2.45, 2.75) is 12.8 Å². The normalized spacial score (nSPS) is 17.5. The van der Waals surface area contributed by atoms with Crippen LogP contribution >= 0.6 is 12.4 Å². The van der Waals surface area contributed by atoms with Crippen LogP contribution in [0.3, 0.4) is 0 Å². The summed E-state index contributed by atoms with van der Waals surface area (Å²) in [5.41, 5.74) is 0.510. The van der Waals surface area contributed by atoms with Gasteiger partial charge in [0, 0.05) is 6.54 Å². The second-order valence-corrected chi connectivity index (χ2v) is 4.99. The lowest BCUT2D eigenvalue weighted by Gasteiger charge is -2.23. The summed E-state index contributed by atoms with van der Waals surface area (Å²) in [5, 5.41) is 6.32. The Morgan fingerprint density at radius 1 is 1.38 bits per heavy atom. The van der Waals surface area contributed by atoms with Gasteiger partial charge in [0.05, 0.1) is 19.8 Å². The Bertz CT molecular complexity index is 462. The Morgan fingerprint density at radius 2 is 2.19 bits per heavy atom. The van der Waals surface area contributed by atoms with Crippen molar-refractivity contribution < 1.29 is 14.3 Å². The smallest absolute Gasteiger partial charge is 0.255 e. The first-order valence-electron chi connectivity index (χ1n) is 6.95. The van der Waals surface area contributed by atoms with E-state index < -0.39 is 0 Å². The van der Waals surface area contributed by atoms with Gasteiger partial charge in [-0.3, -0.25) is 4.79 Å². The van der Waals surface area contributed by atoms with E-state index >= 15 is 0 Å². The van der Waals surface area contributed by atoms with Gasteiger partial charge < -0.3 is 20.1 Å². The summed E-state index contributed by atoms with van der Waals surface area (Å²) < 4.78 is 10.4. The molecule has 1 aliphatic rings. The fraction of sp³-hybridized carbons (Fsp3) is 0.533. The zero-order valence-corrected chi connectivity index (χ0v) is 13.3. The van der Waals surface area contributed by atoms with E-state index in [0.717, 1.165) is 19.5 Å². The highest BCUT2D eigenvalue weighted by molar-refractivity contribution is 5.97. The Labute approximate surface area is 131 Å². The molecule has 1 fully saturated rings. The molecule has 1 aromatic rings. The minimum absolute atomic E-state index is 0. The van der Waals surface area contributed by atoms with Crippen molar-refractivity contribution in [3.05, 3.63) is 23.8 Å². The highest BCUT2D eigenvalue weighted by Crippen LogP contribution is 2.23. The molecule has 0 saturated carbocycles. The van der Waals surface area contributed by atoms with Gasteiger partial charge in [0.25, 0.3) is 5.91 Å². The summed E-state index contributed by atoms with van der Waals surface area (Å²) in [6, 6.07) is 5.23. The van der Waals surface area contributed by atoms with Crippen molar-refractivity contribution in [1.29, 1.82) is 0 Å². The zero-order chi connectivity index (χ0) is 14.4. The number of rotatable bonds is 5. The Kier molecular flexibility index (Phi) is 7.32. The largest absolute Gasteiger partial charge is 0.497 e. The van der Waals surface area contributed by atoms with Crippen LogP contribution < -0.4 is 20.1 Å². The average Bonchev–Trinajstić information content (AvgIpc) is 2.52. The van der Waals surface area contributed by atoms with Crippen LogP contribution in [0.2, 0.25) is 0 Å². The van der Waals surface area contributed by atoms with Crippen LogP contribution in [0.5, 0.6) is 11.5 Å². The molecule has 1 aromatic carbocycles. The number of piperidine rings is 1. The summed E-state index contributed by atoms with van der Waals surface area (Å²) in [7, 11) is 3.14. The number of amides is 1. The first kappa shape index (κ1) is 17.6. The molecule has 2 N–H and O–H groups in total. The average molecular weight is 315 g/mol. The van der Waals surface area contributed by atoms with Gasteiger partial charge in [0.15, 0.2) is 0 Å². The van der Waals surface area contributed by atoms with Crippen LogP contribution in [0, 0.1) is 5.92 Å². The van der Waals surface area contributed by atoms with Crippen LogP contribution in [0.15, 0.2) is 18.2 Å². The van der Waals surface area contributed by atoms with Gasteiger partial charge in [-0.15, -0.1) is 12.4 Å². The molecule has 1 atom stereocenters. The summed E-state index contributed by atoms with van der Waals surface area (Å²) in [6.45, 7) is 2.73. The highest BCUT2D eigenvalue weighted by atomic mass is 35.5. The van der Waals surface area contributed by atoms with E-state index in [1.54, 1.807) is 32.4 Å². The molecule has 0 aliphatic carbocycles. The summed E-state index contributed by atoms with van der Waals surface area (Å²) in [5.74, 6) is 1.59. The minimum Gasteiger partial charge on any atom is -0.497 e. The third-order valence-electron chi connectivity index (χ3n) is 3.60. The molecule has 1 unspecified atom stereocenters. The zero-order valence-electron chi connectivity index (χ0n) is 12.5. The summed E-state index contributed by atoms with van der Waals surface area (Å²) in [4.78, 5) is 12.3. The molecule has 2 rings (SSSR count). The van der Waals surface area contributed by atoms with Gasteiger partial charge in [0.1, 0.15) is 11.5 Å². The van der Waals surface area contributed by atoms with E-state index in [0.29, 0.717) is 29.5 Å². The molecule has 1 heterocycles. The first-order valence-corrected chi connectivity index (χ1v) is 6.95. The molecular weight excluding hydrogens is 292 g/mol. The molecule has 0 bridgehead atoms. The van der Waals surface area contributed by atoms with Crippen molar-refractivity contribution in [3.8, 4) is 11.5 Å². The fourth-order valence-corrected chi connectivity index (χ4v) is 2.42. The van der Waals surface area contributed by atoms with Crippen molar-refractivity contribution in [3.63, 3.8) is 0 Å². The molecule has 1 amide bonds. The van der Waals surface area contributed by atoms with E-state index in [2.05, 4.69) is 10.6 Å². The molecular formula is C15H23ClN2O3. The molecule has 1 aliphatic heterocycles. The van der Waals surface area contributed by atoms with E-state index in [-0.39, 0.29) is 18.3 Å². The Balaban J connectivity index is 0.00000220. The minimum atomic E-state index is -0.119. The predicted molar refractivity (Wildman–Crippen MR) is 84.7 cm³/mol. The van der Waals surface area contributed by atoms with E-state index in [9.17, 15) is 4.79 Å². The fourth-order valence-electron chi connectivity index (χ4n) is 2.42. The van der Waals surface area contributed by atoms with Gasteiger partial charge in [-0.2, -0.15) is 0 Å². The van der Waals surface area contributed by atoms with Gasteiger partial charge in [0.2, 0.25) is 0 Å². The maximum Gasteiger partial charge on any atom is 0.255 e. The molecule has 118 valence electrons. The second kappa shape index (κ2) is 8.74. The molecule has 1 saturated heterocycles. The lowest BCUT2D eigenvalue weighted by atomic mass is 9.99. The SMILES string of the molecule is COc1ccc(OC)c(C(=O)NCC2CCCNC2)c1.Cl. The molecule has 21 heavy (non-hydrogen) atoms. The molecule has 0 radical (unpaired) electrons. The number of methoxy groups -OCH3 is 2. The van der Waals surface area contributed by atoms with Crippen LogP contribution in [0.25, 0.3) is 0 Å². The number of hydrogen-bond donors (Lipinski definition) is 2. The number of nitrogens with one attached hydrogen (secondary N) is 2. The number of hydrogen-bond acceptors (Lipinski definition) is 4. The second-order valence-electron chi connectivity index (χ2n) is 4.99. The number of halogens is 1. The molecule has 6 heteroatoms. The van der Waals surface area contributed by atoms with Gasteiger partial charge in [-0.05, 0) is 50.0 Å². The van der Waals surface area contributed by atoms with Gasteiger partial charge in [-0.1, -0.05) is 0 Å². The van der Waals surface area contributed by atoms with Crippen molar-refractivity contribution in [1.82, 2.24) is 10.6 Å². The number of carbonyl (C=O) groups excluding carboxylic acids is 1. The lowest BCUT2D eigenvalue weighted by molar-refractivity contribution is 0.0941. The summed E-state index contributed by atoms with van der Waals surface area (Å²) >= 11 is 0. The van der Waals surface area contributed by atoms with Gasteiger partial charge >= 0.3 is 0 Å². The van der Waals surface area contributed by atoms with Crippen LogP contribution in [-0.4, -0.2) is 39.8 Å². The highest BCUT2D eigenvalue weighted by Gasteiger charge is 2.17. The van der Waals surface area contributed by atoms with E-state index in [4.69, 9.17) is 9.47 Å². The molecule has 0 spiro atoms. The third-order valence-corrected chi connectivity index (χ3v) is 3.60. The topological polar surface area (TPSA) is 59.6 Å². The van der Waals surface area contributed by atoms with Crippen molar-refractivity contribution in [2.24, 2.45) is 5.92 Å². The quantitative estimate of drug-likeness (QED) is 0.871. The van der Waals surface area contributed by atoms with Crippen LogP contribution in [0.4, 0.5) is 0 Å². The number of carbonyl (C=O) groups is 1. The third kappa shape index (κ3) is 4.79. The van der Waals surface area contributed by atoms with Crippen molar-refractivity contribution in [2.75, 3.05) is 33.9 Å². The Hall–Kier alpha value is -1.46. The monoisotopic (exact) mass is 314 g/mol. The molecule has 0 aromatic heterocycles. The van der Waals surface area contributed by atoms with E-state index in [1.165, 1.54) is 6.42 Å². The molecule has 5 nitrogen and oxygen atoms in total. The summed E-state index contributed by atoms with van der Waals surface area (Å²) in [6.07, 6.45) is 2.32. The van der Waals surface area contributed by atoms with Gasteiger partial charge in [-0.25, -0.2) is 0 Å². The maximum absolute atomic E-state index is 12.3. The van der Waals surface area contributed by atoms with Crippen molar-refractivity contribution >= 4 is 18.3 Å². The standard InChI is InChI=1S/C15H22N2O3.ClH/c1-19-12-5-6-14(20-2)13(8-12)15(18)17-10-11-4-3-7-16-9-11;/h5-6,8,11,16H,3-4,7,9-10H2,1-2H3,(H,17,18);1H. The first-order chi connectivity index (χ1) is 9.74.